The molecule has 0 aliphatic rings. The van der Waals surface area contributed by atoms with Gasteiger partial charge in [-0.25, -0.2) is 4.79 Å². The molecule has 150 valence electrons. The van der Waals surface area contributed by atoms with E-state index in [1.54, 1.807) is 4.90 Å². The SMILES string of the molecule is CN(C(=O)CCCCn1ccc(=O)[nH]c1=O)C(c1ccccc1)c1ccccc1. The van der Waals surface area contributed by atoms with Gasteiger partial charge in [-0.15, -0.1) is 0 Å². The molecule has 1 amide bonds. The number of hydrogen-bond acceptors (Lipinski definition) is 3. The van der Waals surface area contributed by atoms with Crippen molar-refractivity contribution in [2.24, 2.45) is 0 Å². The first kappa shape index (κ1) is 20.3. The summed E-state index contributed by atoms with van der Waals surface area (Å²) in [7, 11) is 1.83. The van der Waals surface area contributed by atoms with E-state index >= 15 is 0 Å². The average molecular weight is 391 g/mol. The van der Waals surface area contributed by atoms with Gasteiger partial charge >= 0.3 is 5.69 Å². The largest absolute Gasteiger partial charge is 0.335 e. The van der Waals surface area contributed by atoms with Crippen molar-refractivity contribution in [2.45, 2.75) is 31.8 Å². The Bertz CT molecular complexity index is 1000. The van der Waals surface area contributed by atoms with Crippen molar-refractivity contribution >= 4 is 5.91 Å². The number of benzene rings is 2. The summed E-state index contributed by atoms with van der Waals surface area (Å²) in [6.45, 7) is 0.466. The Morgan fingerprint density at radius 2 is 1.52 bits per heavy atom. The van der Waals surface area contributed by atoms with Gasteiger partial charge in [-0.3, -0.25) is 14.6 Å². The summed E-state index contributed by atoms with van der Waals surface area (Å²) >= 11 is 0. The van der Waals surface area contributed by atoms with Crippen LogP contribution in [-0.4, -0.2) is 27.4 Å². The number of carbonyl (C=O) groups is 1. The Labute approximate surface area is 169 Å². The zero-order valence-corrected chi connectivity index (χ0v) is 16.5. The molecule has 0 unspecified atom stereocenters. The molecule has 6 heteroatoms. The number of nitrogens with one attached hydrogen (secondary N) is 1. The van der Waals surface area contributed by atoms with Crippen LogP contribution in [0.25, 0.3) is 0 Å². The smallest absolute Gasteiger partial charge is 0.328 e. The Morgan fingerprint density at radius 1 is 0.931 bits per heavy atom. The van der Waals surface area contributed by atoms with Crippen LogP contribution in [-0.2, 0) is 11.3 Å². The van der Waals surface area contributed by atoms with E-state index in [-0.39, 0.29) is 11.9 Å². The number of aromatic amines is 1. The lowest BCUT2D eigenvalue weighted by Crippen LogP contribution is -2.32. The summed E-state index contributed by atoms with van der Waals surface area (Å²) in [5.41, 5.74) is 1.30. The topological polar surface area (TPSA) is 75.2 Å². The number of nitrogens with zero attached hydrogens (tertiary/aromatic N) is 2. The van der Waals surface area contributed by atoms with E-state index < -0.39 is 11.2 Å². The first-order valence-electron chi connectivity index (χ1n) is 9.71. The molecule has 3 aromatic rings. The van der Waals surface area contributed by atoms with Crippen LogP contribution in [0.4, 0.5) is 0 Å². The molecular weight excluding hydrogens is 366 g/mol. The van der Waals surface area contributed by atoms with E-state index in [0.717, 1.165) is 11.1 Å². The molecule has 3 rings (SSSR count). The Morgan fingerprint density at radius 3 is 2.07 bits per heavy atom. The maximum absolute atomic E-state index is 12.9. The summed E-state index contributed by atoms with van der Waals surface area (Å²) in [6.07, 6.45) is 3.21. The number of H-pyrrole nitrogens is 1. The van der Waals surface area contributed by atoms with Gasteiger partial charge in [-0.1, -0.05) is 60.7 Å². The Balaban J connectivity index is 1.63. The third kappa shape index (κ3) is 5.31. The number of rotatable bonds is 8. The lowest BCUT2D eigenvalue weighted by molar-refractivity contribution is -0.131. The highest BCUT2D eigenvalue weighted by atomic mass is 16.2. The molecule has 0 bridgehead atoms. The second-order valence-corrected chi connectivity index (χ2v) is 6.99. The molecule has 6 nitrogen and oxygen atoms in total. The quantitative estimate of drug-likeness (QED) is 0.600. The van der Waals surface area contributed by atoms with E-state index in [9.17, 15) is 14.4 Å². The van der Waals surface area contributed by atoms with Gasteiger partial charge in [0.15, 0.2) is 0 Å². The minimum absolute atomic E-state index is 0.0523. The fourth-order valence-corrected chi connectivity index (χ4v) is 3.41. The van der Waals surface area contributed by atoms with Gasteiger partial charge in [0.25, 0.3) is 5.56 Å². The van der Waals surface area contributed by atoms with Gasteiger partial charge in [0, 0.05) is 32.3 Å². The molecule has 1 heterocycles. The first-order valence-corrected chi connectivity index (χ1v) is 9.71. The molecule has 0 aliphatic heterocycles. The van der Waals surface area contributed by atoms with Gasteiger partial charge in [-0.2, -0.15) is 0 Å². The standard InChI is InChI=1S/C23H25N3O3/c1-25(21(28)14-8-9-16-26-17-15-20(27)24-23(26)29)22(18-10-4-2-5-11-18)19-12-6-3-7-13-19/h2-7,10-13,15,17,22H,8-9,14,16H2,1H3,(H,24,27,29). The second kappa shape index (κ2) is 9.68. The van der Waals surface area contributed by atoms with Crippen LogP contribution in [0.1, 0.15) is 36.4 Å². The Kier molecular flexibility index (Phi) is 6.79. The maximum Gasteiger partial charge on any atom is 0.328 e. The molecule has 0 fully saturated rings. The zero-order chi connectivity index (χ0) is 20.6. The maximum atomic E-state index is 12.9. The molecule has 2 aromatic carbocycles. The van der Waals surface area contributed by atoms with Crippen LogP contribution in [0.2, 0.25) is 0 Å². The summed E-state index contributed by atoms with van der Waals surface area (Å²) in [6, 6.07) is 21.1. The van der Waals surface area contributed by atoms with Crippen LogP contribution < -0.4 is 11.2 Å². The molecule has 0 spiro atoms. The van der Waals surface area contributed by atoms with Crippen molar-refractivity contribution in [3.8, 4) is 0 Å². The van der Waals surface area contributed by atoms with Crippen LogP contribution >= 0.6 is 0 Å². The van der Waals surface area contributed by atoms with Crippen molar-refractivity contribution < 1.29 is 4.79 Å². The highest BCUT2D eigenvalue weighted by Gasteiger charge is 2.22. The number of amides is 1. The highest BCUT2D eigenvalue weighted by molar-refractivity contribution is 5.77. The minimum Gasteiger partial charge on any atom is -0.335 e. The summed E-state index contributed by atoms with van der Waals surface area (Å²) in [4.78, 5) is 39.7. The van der Waals surface area contributed by atoms with E-state index in [1.807, 2.05) is 67.7 Å². The number of aromatic nitrogens is 2. The van der Waals surface area contributed by atoms with Crippen molar-refractivity contribution in [2.75, 3.05) is 7.05 Å². The van der Waals surface area contributed by atoms with Crippen molar-refractivity contribution in [3.63, 3.8) is 0 Å². The third-order valence-electron chi connectivity index (χ3n) is 4.95. The molecule has 0 saturated heterocycles. The van der Waals surface area contributed by atoms with E-state index in [4.69, 9.17) is 0 Å². The van der Waals surface area contributed by atoms with Gasteiger partial charge in [0.2, 0.25) is 5.91 Å². The van der Waals surface area contributed by atoms with Gasteiger partial charge in [0.05, 0.1) is 6.04 Å². The predicted molar refractivity (Wildman–Crippen MR) is 113 cm³/mol. The fraction of sp³-hybridized carbons (Fsp3) is 0.261. The summed E-state index contributed by atoms with van der Waals surface area (Å²) < 4.78 is 1.45. The Hall–Kier alpha value is -3.41. The van der Waals surface area contributed by atoms with Crippen molar-refractivity contribution in [3.05, 3.63) is 105 Å². The van der Waals surface area contributed by atoms with Crippen molar-refractivity contribution in [1.82, 2.24) is 14.5 Å². The van der Waals surface area contributed by atoms with E-state index in [2.05, 4.69) is 4.98 Å². The second-order valence-electron chi connectivity index (χ2n) is 6.99. The number of aryl methyl sites for hydroxylation is 1. The zero-order valence-electron chi connectivity index (χ0n) is 16.5. The first-order chi connectivity index (χ1) is 14.1. The van der Waals surface area contributed by atoms with Crippen molar-refractivity contribution in [1.29, 1.82) is 0 Å². The normalized spacial score (nSPS) is 10.8. The molecule has 1 N–H and O–H groups in total. The molecule has 1 aromatic heterocycles. The molecule has 29 heavy (non-hydrogen) atoms. The van der Waals surface area contributed by atoms with E-state index in [1.165, 1.54) is 16.8 Å². The number of carbonyl (C=O) groups excluding carboxylic acids is 1. The van der Waals surface area contributed by atoms with Crippen LogP contribution in [0.3, 0.4) is 0 Å². The molecule has 0 aliphatic carbocycles. The van der Waals surface area contributed by atoms with E-state index in [0.29, 0.717) is 25.8 Å². The van der Waals surface area contributed by atoms with Crippen LogP contribution in [0.5, 0.6) is 0 Å². The molecule has 0 saturated carbocycles. The summed E-state index contributed by atoms with van der Waals surface area (Å²) in [5, 5.41) is 0. The molecular formula is C23H25N3O3. The predicted octanol–water partition coefficient (Wildman–Crippen LogP) is 2.95. The number of hydrogen-bond donors (Lipinski definition) is 1. The van der Waals surface area contributed by atoms with Gasteiger partial charge in [0.1, 0.15) is 0 Å². The van der Waals surface area contributed by atoms with Crippen LogP contribution in [0.15, 0.2) is 82.5 Å². The highest BCUT2D eigenvalue weighted by Crippen LogP contribution is 2.28. The monoisotopic (exact) mass is 391 g/mol. The van der Waals surface area contributed by atoms with Crippen LogP contribution in [0, 0.1) is 0 Å². The molecule has 0 atom stereocenters. The van der Waals surface area contributed by atoms with Gasteiger partial charge in [-0.05, 0) is 24.0 Å². The third-order valence-corrected chi connectivity index (χ3v) is 4.95. The van der Waals surface area contributed by atoms with Gasteiger partial charge < -0.3 is 9.47 Å². The number of unbranched alkanes of at least 4 members (excludes halogenated alkanes) is 1. The lowest BCUT2D eigenvalue weighted by atomic mass is 9.97. The fourth-order valence-electron chi connectivity index (χ4n) is 3.41. The minimum atomic E-state index is -0.422. The average Bonchev–Trinajstić information content (AvgIpc) is 2.74. The molecule has 0 radical (unpaired) electrons. The summed E-state index contributed by atoms with van der Waals surface area (Å²) in [5.74, 6) is 0.0523. The lowest BCUT2D eigenvalue weighted by Gasteiger charge is -2.29.